The monoisotopic (exact) mass is 245 g/mol. The molecule has 94 valence electrons. The van der Waals surface area contributed by atoms with Gasteiger partial charge < -0.3 is 8.83 Å². The standard InChI is InChI=1S/C14H15NO3/c1-9-11(16)8-10(12-4-2-6-17-12)15-14(9)13-5-3-7-18-13/h2-7,9-10,14-15H,8H2,1H3/t9-,10+,14+/m1/s1. The van der Waals surface area contributed by atoms with Gasteiger partial charge in [-0.1, -0.05) is 6.92 Å². The van der Waals surface area contributed by atoms with Gasteiger partial charge in [-0.15, -0.1) is 0 Å². The highest BCUT2D eigenvalue weighted by Crippen LogP contribution is 2.34. The first-order chi connectivity index (χ1) is 8.75. The number of hydrogen-bond donors (Lipinski definition) is 1. The Hall–Kier alpha value is -1.81. The maximum absolute atomic E-state index is 12.1. The number of ketones is 1. The van der Waals surface area contributed by atoms with E-state index in [9.17, 15) is 4.79 Å². The number of hydrogen-bond acceptors (Lipinski definition) is 4. The van der Waals surface area contributed by atoms with Crippen LogP contribution in [0.25, 0.3) is 0 Å². The van der Waals surface area contributed by atoms with Gasteiger partial charge in [-0.05, 0) is 24.3 Å². The van der Waals surface area contributed by atoms with Crippen LogP contribution in [0.1, 0.15) is 36.9 Å². The van der Waals surface area contributed by atoms with Crippen molar-refractivity contribution in [2.45, 2.75) is 25.4 Å². The fourth-order valence-corrected chi connectivity index (χ4v) is 2.46. The molecule has 4 nitrogen and oxygen atoms in total. The van der Waals surface area contributed by atoms with E-state index in [0.29, 0.717) is 6.42 Å². The molecule has 3 atom stereocenters. The van der Waals surface area contributed by atoms with E-state index in [1.165, 1.54) is 0 Å². The Labute approximate surface area is 105 Å². The summed E-state index contributed by atoms with van der Waals surface area (Å²) < 4.78 is 10.8. The fraction of sp³-hybridized carbons (Fsp3) is 0.357. The Kier molecular flexibility index (Phi) is 2.80. The van der Waals surface area contributed by atoms with Crippen molar-refractivity contribution >= 4 is 5.78 Å². The van der Waals surface area contributed by atoms with E-state index in [4.69, 9.17) is 8.83 Å². The summed E-state index contributed by atoms with van der Waals surface area (Å²) in [6.45, 7) is 1.93. The predicted molar refractivity (Wildman–Crippen MR) is 64.8 cm³/mol. The van der Waals surface area contributed by atoms with Crippen LogP contribution in [0.2, 0.25) is 0 Å². The van der Waals surface area contributed by atoms with Crippen LogP contribution in [-0.4, -0.2) is 5.78 Å². The van der Waals surface area contributed by atoms with Crippen LogP contribution in [0.4, 0.5) is 0 Å². The molecule has 1 fully saturated rings. The molecule has 0 saturated carbocycles. The minimum Gasteiger partial charge on any atom is -0.468 e. The quantitative estimate of drug-likeness (QED) is 0.883. The molecule has 3 rings (SSSR count). The molecule has 1 N–H and O–H groups in total. The van der Waals surface area contributed by atoms with Gasteiger partial charge >= 0.3 is 0 Å². The summed E-state index contributed by atoms with van der Waals surface area (Å²) in [7, 11) is 0. The summed E-state index contributed by atoms with van der Waals surface area (Å²) in [6.07, 6.45) is 3.72. The van der Waals surface area contributed by atoms with Crippen molar-refractivity contribution in [2.75, 3.05) is 0 Å². The molecule has 2 aromatic heterocycles. The lowest BCUT2D eigenvalue weighted by Gasteiger charge is -2.32. The van der Waals surface area contributed by atoms with Crippen molar-refractivity contribution in [1.82, 2.24) is 5.32 Å². The van der Waals surface area contributed by atoms with Gasteiger partial charge in [0.25, 0.3) is 0 Å². The van der Waals surface area contributed by atoms with Gasteiger partial charge in [-0.25, -0.2) is 0 Å². The average molecular weight is 245 g/mol. The number of furan rings is 2. The summed E-state index contributed by atoms with van der Waals surface area (Å²) in [6, 6.07) is 7.30. The number of Topliss-reactive ketones (excluding diaryl/α,β-unsaturated/α-hetero) is 1. The summed E-state index contributed by atoms with van der Waals surface area (Å²) in [5.74, 6) is 1.75. The number of piperidine rings is 1. The van der Waals surface area contributed by atoms with Crippen LogP contribution in [0.5, 0.6) is 0 Å². The van der Waals surface area contributed by atoms with E-state index in [1.807, 2.05) is 31.2 Å². The summed E-state index contributed by atoms with van der Waals surface area (Å²) in [5.41, 5.74) is 0. The maximum atomic E-state index is 12.1. The largest absolute Gasteiger partial charge is 0.468 e. The summed E-state index contributed by atoms with van der Waals surface area (Å²) in [4.78, 5) is 12.1. The van der Waals surface area contributed by atoms with Gasteiger partial charge in [-0.3, -0.25) is 10.1 Å². The Morgan fingerprint density at radius 3 is 2.44 bits per heavy atom. The van der Waals surface area contributed by atoms with E-state index in [1.54, 1.807) is 12.5 Å². The molecular weight excluding hydrogens is 230 g/mol. The zero-order valence-electron chi connectivity index (χ0n) is 10.1. The van der Waals surface area contributed by atoms with Gasteiger partial charge in [0.15, 0.2) is 0 Å². The molecule has 0 aromatic carbocycles. The number of carbonyl (C=O) groups excluding carboxylic acids is 1. The lowest BCUT2D eigenvalue weighted by molar-refractivity contribution is -0.126. The molecule has 0 amide bonds. The minimum atomic E-state index is -0.0867. The van der Waals surface area contributed by atoms with Crippen molar-refractivity contribution in [1.29, 1.82) is 0 Å². The third-order valence-corrected chi connectivity index (χ3v) is 3.53. The highest BCUT2D eigenvalue weighted by atomic mass is 16.3. The number of carbonyl (C=O) groups is 1. The normalized spacial score (nSPS) is 28.5. The zero-order chi connectivity index (χ0) is 12.5. The third kappa shape index (κ3) is 1.88. The van der Waals surface area contributed by atoms with Gasteiger partial charge in [0, 0.05) is 12.3 Å². The van der Waals surface area contributed by atoms with Crippen LogP contribution < -0.4 is 5.32 Å². The molecule has 4 heteroatoms. The first-order valence-corrected chi connectivity index (χ1v) is 6.11. The van der Waals surface area contributed by atoms with Gasteiger partial charge in [0.1, 0.15) is 17.3 Å². The van der Waals surface area contributed by atoms with Crippen LogP contribution in [0, 0.1) is 5.92 Å². The van der Waals surface area contributed by atoms with Crippen molar-refractivity contribution < 1.29 is 13.6 Å². The van der Waals surface area contributed by atoms with Crippen molar-refractivity contribution in [2.24, 2.45) is 5.92 Å². The minimum absolute atomic E-state index is 0.0706. The molecule has 0 spiro atoms. The molecule has 1 saturated heterocycles. The van der Waals surface area contributed by atoms with Crippen LogP contribution >= 0.6 is 0 Å². The van der Waals surface area contributed by atoms with Crippen LogP contribution in [0.15, 0.2) is 45.6 Å². The van der Waals surface area contributed by atoms with Gasteiger partial charge in [-0.2, -0.15) is 0 Å². The van der Waals surface area contributed by atoms with Crippen molar-refractivity contribution in [3.8, 4) is 0 Å². The van der Waals surface area contributed by atoms with Gasteiger partial charge in [0.2, 0.25) is 0 Å². The summed E-state index contributed by atoms with van der Waals surface area (Å²) in [5, 5.41) is 3.43. The topological polar surface area (TPSA) is 55.4 Å². The predicted octanol–water partition coefficient (Wildman–Crippen LogP) is 2.85. The molecule has 0 aliphatic carbocycles. The SMILES string of the molecule is C[C@@H]1C(=O)C[C@@H](c2ccco2)N[C@@H]1c1ccco1. The van der Waals surface area contributed by atoms with Crippen LogP contribution in [0.3, 0.4) is 0 Å². The lowest BCUT2D eigenvalue weighted by Crippen LogP contribution is -2.40. The van der Waals surface area contributed by atoms with Crippen molar-refractivity contribution in [3.05, 3.63) is 48.3 Å². The van der Waals surface area contributed by atoms with E-state index in [-0.39, 0.29) is 23.8 Å². The van der Waals surface area contributed by atoms with Crippen LogP contribution in [-0.2, 0) is 4.79 Å². The second-order valence-electron chi connectivity index (χ2n) is 4.69. The zero-order valence-corrected chi connectivity index (χ0v) is 10.1. The van der Waals surface area contributed by atoms with E-state index >= 15 is 0 Å². The number of nitrogens with one attached hydrogen (secondary N) is 1. The maximum Gasteiger partial charge on any atom is 0.139 e. The van der Waals surface area contributed by atoms with Gasteiger partial charge in [0.05, 0.1) is 24.6 Å². The molecule has 2 aromatic rings. The Morgan fingerprint density at radius 1 is 1.17 bits per heavy atom. The molecular formula is C14H15NO3. The number of rotatable bonds is 2. The lowest BCUT2D eigenvalue weighted by atomic mass is 9.85. The molecule has 0 unspecified atom stereocenters. The van der Waals surface area contributed by atoms with E-state index < -0.39 is 0 Å². The third-order valence-electron chi connectivity index (χ3n) is 3.53. The first-order valence-electron chi connectivity index (χ1n) is 6.11. The van der Waals surface area contributed by atoms with E-state index in [2.05, 4.69) is 5.32 Å². The Balaban J connectivity index is 1.88. The summed E-state index contributed by atoms with van der Waals surface area (Å²) >= 11 is 0. The average Bonchev–Trinajstić information content (AvgIpc) is 3.03. The Morgan fingerprint density at radius 2 is 1.83 bits per heavy atom. The highest BCUT2D eigenvalue weighted by Gasteiger charge is 2.37. The molecule has 1 aliphatic rings. The first kappa shape index (κ1) is 11.3. The second-order valence-corrected chi connectivity index (χ2v) is 4.69. The molecule has 1 aliphatic heterocycles. The molecule has 18 heavy (non-hydrogen) atoms. The molecule has 3 heterocycles. The van der Waals surface area contributed by atoms with E-state index in [0.717, 1.165) is 11.5 Å². The molecule has 0 radical (unpaired) electrons. The molecule has 0 bridgehead atoms. The fourth-order valence-electron chi connectivity index (χ4n) is 2.46. The second kappa shape index (κ2) is 4.46. The van der Waals surface area contributed by atoms with Crippen molar-refractivity contribution in [3.63, 3.8) is 0 Å². The smallest absolute Gasteiger partial charge is 0.139 e. The Bertz CT molecular complexity index is 515. The highest BCUT2D eigenvalue weighted by molar-refractivity contribution is 5.83.